The van der Waals surface area contributed by atoms with E-state index >= 15 is 0 Å². The molecule has 0 atom stereocenters. The molecule has 0 spiro atoms. The molecule has 0 unspecified atom stereocenters. The van der Waals surface area contributed by atoms with Crippen LogP contribution in [0.25, 0.3) is 10.1 Å². The molecule has 7 aromatic carbocycles. The highest BCUT2D eigenvalue weighted by atomic mass is 32.1. The van der Waals surface area contributed by atoms with Crippen molar-refractivity contribution in [3.63, 3.8) is 0 Å². The molecule has 0 fully saturated rings. The molecule has 4 heterocycles. The molecule has 0 bridgehead atoms. The monoisotopic (exact) mass is 1040 g/mol. The predicted molar refractivity (Wildman–Crippen MR) is 335 cm³/mol. The summed E-state index contributed by atoms with van der Waals surface area (Å²) in [5.41, 5.74) is 24.1. The van der Waals surface area contributed by atoms with Gasteiger partial charge in [0.2, 0.25) is 0 Å². The van der Waals surface area contributed by atoms with Crippen LogP contribution < -0.4 is 35.1 Å². The largest absolute Gasteiger partial charge is 0.453 e. The van der Waals surface area contributed by atoms with Gasteiger partial charge in [0.15, 0.2) is 11.5 Å². The number of para-hydroxylation sites is 4. The normalized spacial score (nSPS) is 20.0. The van der Waals surface area contributed by atoms with Gasteiger partial charge in [-0.15, -0.1) is 11.3 Å². The van der Waals surface area contributed by atoms with Crippen LogP contribution in [0.1, 0.15) is 181 Å². The summed E-state index contributed by atoms with van der Waals surface area (Å²) in [5, 5.41) is 1.36. The van der Waals surface area contributed by atoms with E-state index in [2.05, 4.69) is 257 Å². The summed E-state index contributed by atoms with van der Waals surface area (Å²) in [6.07, 6.45) is 6.99. The van der Waals surface area contributed by atoms with E-state index in [1.54, 1.807) is 0 Å². The lowest BCUT2D eigenvalue weighted by atomic mass is 9.35. The van der Waals surface area contributed by atoms with Crippen molar-refractivity contribution < 1.29 is 4.74 Å². The van der Waals surface area contributed by atoms with Crippen LogP contribution in [0, 0.1) is 0 Å². The second-order valence-corrected chi connectivity index (χ2v) is 30.5. The van der Waals surface area contributed by atoms with Gasteiger partial charge in [-0.3, -0.25) is 0 Å². The Morgan fingerprint density at radius 1 is 0.423 bits per heavy atom. The molecule has 8 aromatic rings. The van der Waals surface area contributed by atoms with E-state index < -0.39 is 0 Å². The van der Waals surface area contributed by atoms with Crippen molar-refractivity contribution in [3.05, 3.63) is 166 Å². The van der Waals surface area contributed by atoms with Crippen molar-refractivity contribution in [2.75, 3.05) is 14.7 Å². The quantitative estimate of drug-likeness (QED) is 0.164. The van der Waals surface area contributed by atoms with Gasteiger partial charge in [-0.2, -0.15) is 0 Å². The molecule has 0 saturated carbocycles. The zero-order chi connectivity index (χ0) is 54.6. The Labute approximate surface area is 469 Å². The number of benzene rings is 7. The lowest BCUT2D eigenvalue weighted by Gasteiger charge is -2.48. The van der Waals surface area contributed by atoms with Crippen molar-refractivity contribution >= 4 is 95.0 Å². The maximum atomic E-state index is 6.77. The summed E-state index contributed by atoms with van der Waals surface area (Å²) in [7, 11) is 0. The van der Waals surface area contributed by atoms with Crippen LogP contribution in [0.4, 0.5) is 51.2 Å². The molecular formula is C72H78BN3OS. The van der Waals surface area contributed by atoms with E-state index in [0.717, 1.165) is 47.8 Å². The highest BCUT2D eigenvalue weighted by molar-refractivity contribution is 7.33. The van der Waals surface area contributed by atoms with Crippen molar-refractivity contribution in [1.29, 1.82) is 0 Å². The molecule has 3 aliphatic heterocycles. The molecule has 14 rings (SSSR count). The molecule has 0 N–H and O–H groups in total. The van der Waals surface area contributed by atoms with Gasteiger partial charge in [-0.25, -0.2) is 0 Å². The van der Waals surface area contributed by atoms with Gasteiger partial charge in [0.1, 0.15) is 0 Å². The molecule has 0 saturated heterocycles. The van der Waals surface area contributed by atoms with Crippen LogP contribution in [0.2, 0.25) is 0 Å². The average molecular weight is 1040 g/mol. The third kappa shape index (κ3) is 7.22. The van der Waals surface area contributed by atoms with Crippen LogP contribution in [-0.4, -0.2) is 6.71 Å². The molecule has 396 valence electrons. The lowest BCUT2D eigenvalue weighted by Crippen LogP contribution is -2.61. The van der Waals surface area contributed by atoms with Gasteiger partial charge in [-0.05, 0) is 205 Å². The van der Waals surface area contributed by atoms with E-state index in [-0.39, 0.29) is 44.6 Å². The fourth-order valence-corrected chi connectivity index (χ4v) is 16.4. The summed E-state index contributed by atoms with van der Waals surface area (Å²) in [4.78, 5) is 7.91. The third-order valence-electron chi connectivity index (χ3n) is 20.4. The minimum Gasteiger partial charge on any atom is -0.453 e. The molecule has 6 aliphatic rings. The van der Waals surface area contributed by atoms with E-state index in [0.29, 0.717) is 0 Å². The Morgan fingerprint density at radius 2 is 0.885 bits per heavy atom. The second-order valence-electron chi connectivity index (χ2n) is 29.4. The summed E-state index contributed by atoms with van der Waals surface area (Å²) in [5.74, 6) is 1.71. The zero-order valence-corrected chi connectivity index (χ0v) is 49.9. The summed E-state index contributed by atoms with van der Waals surface area (Å²) in [6.45, 7) is 36.8. The van der Waals surface area contributed by atoms with Crippen LogP contribution in [-0.2, 0) is 37.9 Å². The first-order chi connectivity index (χ1) is 36.7. The number of rotatable bonds is 3. The average Bonchev–Trinajstić information content (AvgIpc) is 3.60. The van der Waals surface area contributed by atoms with E-state index in [4.69, 9.17) is 4.74 Å². The molecule has 0 amide bonds. The lowest BCUT2D eigenvalue weighted by molar-refractivity contribution is 0.332. The molecule has 78 heavy (non-hydrogen) atoms. The van der Waals surface area contributed by atoms with Gasteiger partial charge in [-0.1, -0.05) is 152 Å². The van der Waals surface area contributed by atoms with Crippen LogP contribution >= 0.6 is 11.3 Å². The van der Waals surface area contributed by atoms with Crippen molar-refractivity contribution in [3.8, 4) is 11.5 Å². The highest BCUT2D eigenvalue weighted by Gasteiger charge is 2.50. The SMILES string of the molecule is CC(C)(C)c1ccc(N2c3cc(N4c5ccccc5Oc5ccccc54)cc4c3B(c3cc5c(cc3N4c3ccc4c(c3)C(C)(C)CCC4(C)C)C(C)(C)CCC5(C)C)c3sc4cc5c(cc4c32)C(C)(C)CCC5(C)C)cc1. The van der Waals surface area contributed by atoms with Gasteiger partial charge in [0, 0.05) is 43.3 Å². The first kappa shape index (κ1) is 50.0. The van der Waals surface area contributed by atoms with Gasteiger partial charge in [0.25, 0.3) is 6.71 Å². The number of fused-ring (bicyclic) bond motifs is 11. The standard InChI is InChI=1S/C72H78BN3OS/c1-66(2,3)43-24-26-44(27-25-43)76-59-38-46(75-55-20-16-18-22-60(55)77-61-23-19-17-21-56(61)75)37-58-63(59)73(65-64(76)47-39-50-53(42-62(47)78-65)72(14,15)35-32-69(50,8)9)54-40-51-52(71(12,13)34-33-70(51,10)11)41-57(54)74(58)45-28-29-48-49(36-45)68(6,7)31-30-67(48,4)5/h16-29,36-42H,30-35H2,1-15H3. The second kappa shape index (κ2) is 16.2. The first-order valence-corrected chi connectivity index (χ1v) is 30.1. The maximum Gasteiger partial charge on any atom is 0.264 e. The number of hydrogen-bond donors (Lipinski definition) is 0. The van der Waals surface area contributed by atoms with Crippen LogP contribution in [0.3, 0.4) is 0 Å². The Kier molecular flexibility index (Phi) is 10.4. The Morgan fingerprint density at radius 3 is 1.45 bits per heavy atom. The number of ether oxygens (including phenoxy) is 1. The van der Waals surface area contributed by atoms with Gasteiger partial charge >= 0.3 is 0 Å². The minimum atomic E-state index is -0.0192. The molecule has 6 heteroatoms. The van der Waals surface area contributed by atoms with Crippen LogP contribution in [0.5, 0.6) is 11.5 Å². The van der Waals surface area contributed by atoms with Gasteiger partial charge < -0.3 is 19.4 Å². The summed E-state index contributed by atoms with van der Waals surface area (Å²) in [6, 6.07) is 50.2. The molecular weight excluding hydrogens is 966 g/mol. The topological polar surface area (TPSA) is 19.0 Å². The Hall–Kier alpha value is -6.24. The fourth-order valence-electron chi connectivity index (χ4n) is 15.1. The van der Waals surface area contributed by atoms with E-state index in [1.165, 1.54) is 118 Å². The minimum absolute atomic E-state index is 0.00373. The maximum absolute atomic E-state index is 6.77. The summed E-state index contributed by atoms with van der Waals surface area (Å²) >= 11 is 2.06. The Bertz CT molecular complexity index is 3810. The molecule has 4 nitrogen and oxygen atoms in total. The van der Waals surface area contributed by atoms with E-state index in [9.17, 15) is 0 Å². The highest BCUT2D eigenvalue weighted by Crippen LogP contribution is 2.58. The fraction of sp³-hybridized carbons (Fsp3) is 0.389. The first-order valence-electron chi connectivity index (χ1n) is 29.2. The molecule has 3 aliphatic carbocycles. The molecule has 1 aromatic heterocycles. The van der Waals surface area contributed by atoms with Gasteiger partial charge in [0.05, 0.1) is 22.7 Å². The number of thiophene rings is 1. The third-order valence-corrected chi connectivity index (χ3v) is 21.6. The number of nitrogens with zero attached hydrogens (tertiary/aromatic N) is 3. The smallest absolute Gasteiger partial charge is 0.264 e. The number of hydrogen-bond acceptors (Lipinski definition) is 5. The Balaban J connectivity index is 1.16. The van der Waals surface area contributed by atoms with Crippen molar-refractivity contribution in [2.45, 2.75) is 180 Å². The van der Waals surface area contributed by atoms with Crippen molar-refractivity contribution in [1.82, 2.24) is 0 Å². The number of anilines is 9. The zero-order valence-electron chi connectivity index (χ0n) is 49.1. The predicted octanol–water partition coefficient (Wildman–Crippen LogP) is 18.9. The van der Waals surface area contributed by atoms with E-state index in [1.807, 2.05) is 0 Å². The van der Waals surface area contributed by atoms with Crippen LogP contribution in [0.15, 0.2) is 127 Å². The van der Waals surface area contributed by atoms with Crippen molar-refractivity contribution in [2.24, 2.45) is 0 Å². The molecule has 0 radical (unpaired) electrons. The summed E-state index contributed by atoms with van der Waals surface area (Å²) < 4.78 is 9.59.